The number of morpholine rings is 1. The van der Waals surface area contributed by atoms with Gasteiger partial charge in [0.25, 0.3) is 0 Å². The van der Waals surface area contributed by atoms with Gasteiger partial charge in [-0.15, -0.1) is 0 Å². The van der Waals surface area contributed by atoms with Crippen LogP contribution < -0.4 is 5.43 Å². The SMILES string of the molecule is O=C(O)C(CNN1CCOCC1)C(F)(F)F. The molecule has 1 saturated heterocycles. The zero-order valence-electron chi connectivity index (χ0n) is 8.46. The number of hydrogen-bond acceptors (Lipinski definition) is 4. The van der Waals surface area contributed by atoms with E-state index in [0.29, 0.717) is 26.3 Å². The van der Waals surface area contributed by atoms with Crippen molar-refractivity contribution < 1.29 is 27.8 Å². The van der Waals surface area contributed by atoms with E-state index < -0.39 is 24.6 Å². The molecule has 0 amide bonds. The Labute approximate surface area is 90.1 Å². The van der Waals surface area contributed by atoms with Gasteiger partial charge < -0.3 is 9.84 Å². The molecule has 0 aromatic heterocycles. The van der Waals surface area contributed by atoms with Gasteiger partial charge in [0.05, 0.1) is 13.2 Å². The van der Waals surface area contributed by atoms with Crippen LogP contribution in [0.4, 0.5) is 13.2 Å². The zero-order valence-corrected chi connectivity index (χ0v) is 8.46. The number of nitrogens with one attached hydrogen (secondary N) is 1. The smallest absolute Gasteiger partial charge is 0.403 e. The third-order valence-corrected chi connectivity index (χ3v) is 2.22. The van der Waals surface area contributed by atoms with Crippen LogP contribution in [0.25, 0.3) is 0 Å². The first-order valence-electron chi connectivity index (χ1n) is 4.77. The maximum atomic E-state index is 12.3. The van der Waals surface area contributed by atoms with Gasteiger partial charge in [-0.25, -0.2) is 5.01 Å². The highest BCUT2D eigenvalue weighted by atomic mass is 19.4. The molecule has 0 aromatic rings. The van der Waals surface area contributed by atoms with Crippen molar-refractivity contribution in [3.63, 3.8) is 0 Å². The molecular formula is C8H13F3N2O3. The molecule has 1 fully saturated rings. The monoisotopic (exact) mass is 242 g/mol. The van der Waals surface area contributed by atoms with Crippen LogP contribution in [0.15, 0.2) is 0 Å². The maximum Gasteiger partial charge on any atom is 0.403 e. The molecule has 0 saturated carbocycles. The number of nitrogens with zero attached hydrogens (tertiary/aromatic N) is 1. The van der Waals surface area contributed by atoms with Crippen molar-refractivity contribution in [2.24, 2.45) is 5.92 Å². The number of rotatable bonds is 4. The predicted octanol–water partition coefficient (Wildman–Crippen LogP) is 0.0863. The van der Waals surface area contributed by atoms with Gasteiger partial charge in [-0.3, -0.25) is 10.2 Å². The first-order valence-corrected chi connectivity index (χ1v) is 4.77. The number of ether oxygens (including phenoxy) is 1. The minimum Gasteiger partial charge on any atom is -0.481 e. The maximum absolute atomic E-state index is 12.3. The Hall–Kier alpha value is -0.860. The number of hydrazine groups is 1. The fourth-order valence-electron chi connectivity index (χ4n) is 1.28. The highest BCUT2D eigenvalue weighted by molar-refractivity contribution is 5.71. The summed E-state index contributed by atoms with van der Waals surface area (Å²) in [6, 6.07) is 0. The molecule has 1 heterocycles. The van der Waals surface area contributed by atoms with E-state index >= 15 is 0 Å². The number of alkyl halides is 3. The molecule has 1 rings (SSSR count). The van der Waals surface area contributed by atoms with Crippen LogP contribution in [0.1, 0.15) is 0 Å². The van der Waals surface area contributed by atoms with Crippen molar-refractivity contribution in [3.8, 4) is 0 Å². The molecule has 2 N–H and O–H groups in total. The van der Waals surface area contributed by atoms with E-state index in [-0.39, 0.29) is 0 Å². The van der Waals surface area contributed by atoms with Gasteiger partial charge in [-0.2, -0.15) is 13.2 Å². The minimum absolute atomic E-state index is 0.427. The van der Waals surface area contributed by atoms with E-state index in [1.165, 1.54) is 5.01 Å². The van der Waals surface area contributed by atoms with Crippen molar-refractivity contribution in [2.75, 3.05) is 32.8 Å². The highest BCUT2D eigenvalue weighted by Gasteiger charge is 2.45. The Kier molecular flexibility index (Phi) is 4.51. The number of carbonyl (C=O) groups is 1. The Morgan fingerprint density at radius 3 is 2.44 bits per heavy atom. The van der Waals surface area contributed by atoms with E-state index in [1.807, 2.05) is 0 Å². The van der Waals surface area contributed by atoms with E-state index in [0.717, 1.165) is 0 Å². The second-order valence-electron chi connectivity index (χ2n) is 3.39. The minimum atomic E-state index is -4.73. The summed E-state index contributed by atoms with van der Waals surface area (Å²) >= 11 is 0. The number of hydrogen-bond donors (Lipinski definition) is 2. The van der Waals surface area contributed by atoms with Gasteiger partial charge in [0.1, 0.15) is 0 Å². The summed E-state index contributed by atoms with van der Waals surface area (Å²) in [5.74, 6) is -4.25. The number of aliphatic carboxylic acids is 1. The Balaban J connectivity index is 2.40. The van der Waals surface area contributed by atoms with Crippen molar-refractivity contribution in [1.29, 1.82) is 0 Å². The second-order valence-corrected chi connectivity index (χ2v) is 3.39. The van der Waals surface area contributed by atoms with Gasteiger partial charge >= 0.3 is 12.1 Å². The molecule has 1 aliphatic heterocycles. The summed E-state index contributed by atoms with van der Waals surface area (Å²) in [5, 5.41) is 9.97. The Morgan fingerprint density at radius 2 is 2.00 bits per heavy atom. The molecular weight excluding hydrogens is 229 g/mol. The fraction of sp³-hybridized carbons (Fsp3) is 0.875. The van der Waals surface area contributed by atoms with Crippen LogP contribution in [0, 0.1) is 5.92 Å². The molecule has 1 unspecified atom stereocenters. The molecule has 0 aliphatic carbocycles. The Bertz CT molecular complexity index is 241. The third kappa shape index (κ3) is 3.95. The van der Waals surface area contributed by atoms with Gasteiger partial charge in [0.15, 0.2) is 5.92 Å². The van der Waals surface area contributed by atoms with Crippen LogP contribution in [0.3, 0.4) is 0 Å². The summed E-state index contributed by atoms with van der Waals surface area (Å²) in [7, 11) is 0. The number of carboxylic acid groups (broad SMARTS) is 1. The molecule has 5 nitrogen and oxygen atoms in total. The van der Waals surface area contributed by atoms with Crippen molar-refractivity contribution in [2.45, 2.75) is 6.18 Å². The van der Waals surface area contributed by atoms with Gasteiger partial charge in [-0.05, 0) is 0 Å². The van der Waals surface area contributed by atoms with Crippen LogP contribution in [-0.2, 0) is 9.53 Å². The molecule has 1 atom stereocenters. The standard InChI is InChI=1S/C8H13F3N2O3/c9-8(10,11)6(7(14)15)5-12-13-1-3-16-4-2-13/h6,12H,1-5H2,(H,14,15). The highest BCUT2D eigenvalue weighted by Crippen LogP contribution is 2.25. The van der Waals surface area contributed by atoms with Crippen molar-refractivity contribution in [3.05, 3.63) is 0 Å². The molecule has 0 spiro atoms. The van der Waals surface area contributed by atoms with E-state index in [4.69, 9.17) is 9.84 Å². The quantitative estimate of drug-likeness (QED) is 0.731. The lowest BCUT2D eigenvalue weighted by Gasteiger charge is -2.28. The van der Waals surface area contributed by atoms with Gasteiger partial charge in [0.2, 0.25) is 0 Å². The zero-order chi connectivity index (χ0) is 12.2. The summed E-state index contributed by atoms with van der Waals surface area (Å²) in [4.78, 5) is 10.4. The summed E-state index contributed by atoms with van der Waals surface area (Å²) in [6.45, 7) is 1.10. The second kappa shape index (κ2) is 5.46. The Morgan fingerprint density at radius 1 is 1.44 bits per heavy atom. The van der Waals surface area contributed by atoms with E-state index in [2.05, 4.69) is 5.43 Å². The molecule has 16 heavy (non-hydrogen) atoms. The topological polar surface area (TPSA) is 61.8 Å². The van der Waals surface area contributed by atoms with Gasteiger partial charge in [0, 0.05) is 19.6 Å². The van der Waals surface area contributed by atoms with E-state index in [9.17, 15) is 18.0 Å². The average Bonchev–Trinajstić information content (AvgIpc) is 2.17. The molecule has 8 heteroatoms. The summed E-state index contributed by atoms with van der Waals surface area (Å²) in [5.41, 5.74) is 2.46. The summed E-state index contributed by atoms with van der Waals surface area (Å²) < 4.78 is 41.8. The largest absolute Gasteiger partial charge is 0.481 e. The summed E-state index contributed by atoms with van der Waals surface area (Å²) in [6.07, 6.45) is -4.73. The van der Waals surface area contributed by atoms with E-state index in [1.54, 1.807) is 0 Å². The lowest BCUT2D eigenvalue weighted by atomic mass is 10.1. The molecule has 0 bridgehead atoms. The first kappa shape index (κ1) is 13.2. The first-order chi connectivity index (χ1) is 7.41. The van der Waals surface area contributed by atoms with Crippen LogP contribution in [0.2, 0.25) is 0 Å². The lowest BCUT2D eigenvalue weighted by Crippen LogP contribution is -2.50. The fourth-order valence-corrected chi connectivity index (χ4v) is 1.28. The average molecular weight is 242 g/mol. The van der Waals surface area contributed by atoms with Crippen LogP contribution in [0.5, 0.6) is 0 Å². The normalized spacial score (nSPS) is 20.7. The van der Waals surface area contributed by atoms with Gasteiger partial charge in [-0.1, -0.05) is 0 Å². The molecule has 0 aromatic carbocycles. The van der Waals surface area contributed by atoms with Crippen molar-refractivity contribution >= 4 is 5.97 Å². The third-order valence-electron chi connectivity index (χ3n) is 2.22. The van der Waals surface area contributed by atoms with Crippen LogP contribution >= 0.6 is 0 Å². The van der Waals surface area contributed by atoms with Crippen LogP contribution in [-0.4, -0.2) is 55.1 Å². The predicted molar refractivity (Wildman–Crippen MR) is 47.6 cm³/mol. The molecule has 1 aliphatic rings. The number of halogens is 3. The molecule has 0 radical (unpaired) electrons. The number of carboxylic acids is 1. The lowest BCUT2D eigenvalue weighted by molar-refractivity contribution is -0.194. The van der Waals surface area contributed by atoms with Crippen molar-refractivity contribution in [1.82, 2.24) is 10.4 Å². The molecule has 94 valence electrons.